The van der Waals surface area contributed by atoms with Crippen molar-refractivity contribution in [3.05, 3.63) is 80.3 Å². The molecule has 18 heteroatoms. The van der Waals surface area contributed by atoms with E-state index in [9.17, 15) is 35.5 Å². The Bertz CT molecular complexity index is 1820. The fourth-order valence-electron chi connectivity index (χ4n) is 4.71. The first kappa shape index (κ1) is 30.8. The topological polar surface area (TPSA) is 195 Å². The standard InChI is InChI=1S/C25H20Cl2N2O12S2/c1-29(2)6-5-28-23(30)12-3-4-14-13(7-12)24(31)39-25(14)15-8-17(26)21(40-42(32,33)34)10-19(15)38-20-11-22(41-43(35,36)37)18(27)9-16(20)25/h3-4,7-11H,5-6H2,1-2H3,(H,28,30)(H,32,33,34)(H,35,36,37). The van der Waals surface area contributed by atoms with E-state index in [4.69, 9.17) is 32.7 Å². The molecule has 3 aromatic carbocycles. The van der Waals surface area contributed by atoms with Crippen LogP contribution in [-0.2, 0) is 31.1 Å². The summed E-state index contributed by atoms with van der Waals surface area (Å²) < 4.78 is 84.8. The van der Waals surface area contributed by atoms with E-state index in [1.807, 2.05) is 19.0 Å². The molecule has 2 heterocycles. The van der Waals surface area contributed by atoms with Gasteiger partial charge in [-0.3, -0.25) is 13.9 Å². The molecule has 228 valence electrons. The number of amides is 1. The SMILES string of the molecule is CN(C)CCNC(=O)c1ccc2c(c1)C(=O)OC21c2cc(Cl)c(OS(=O)(=O)O)cc2Oc2cc(OS(=O)(=O)O)c(Cl)cc21. The summed E-state index contributed by atoms with van der Waals surface area (Å²) in [7, 11) is -6.37. The number of hydrogen-bond donors (Lipinski definition) is 3. The number of halogens is 2. The van der Waals surface area contributed by atoms with Crippen molar-refractivity contribution in [2.75, 3.05) is 27.2 Å². The van der Waals surface area contributed by atoms with Crippen molar-refractivity contribution in [1.82, 2.24) is 10.2 Å². The zero-order chi connectivity index (χ0) is 31.5. The molecule has 0 saturated heterocycles. The van der Waals surface area contributed by atoms with Crippen LogP contribution in [0.3, 0.4) is 0 Å². The van der Waals surface area contributed by atoms with E-state index in [-0.39, 0.29) is 49.4 Å². The molecule has 0 fully saturated rings. The quantitative estimate of drug-likeness (QED) is 0.233. The summed E-state index contributed by atoms with van der Waals surface area (Å²) in [6.45, 7) is 0.914. The first-order valence-electron chi connectivity index (χ1n) is 12.0. The van der Waals surface area contributed by atoms with Crippen LogP contribution in [0.5, 0.6) is 23.0 Å². The average Bonchev–Trinajstić information content (AvgIpc) is 3.17. The Morgan fingerprint density at radius 3 is 1.93 bits per heavy atom. The van der Waals surface area contributed by atoms with Gasteiger partial charge in [0, 0.05) is 47.5 Å². The van der Waals surface area contributed by atoms with Crippen LogP contribution in [0.4, 0.5) is 0 Å². The monoisotopic (exact) mass is 674 g/mol. The number of hydrogen-bond acceptors (Lipinski definition) is 11. The van der Waals surface area contributed by atoms with Crippen LogP contribution in [0.15, 0.2) is 42.5 Å². The Morgan fingerprint density at radius 1 is 0.907 bits per heavy atom. The zero-order valence-electron chi connectivity index (χ0n) is 22.0. The highest BCUT2D eigenvalue weighted by Gasteiger charge is 2.54. The molecule has 2 aliphatic rings. The molecule has 0 aromatic heterocycles. The van der Waals surface area contributed by atoms with Gasteiger partial charge in [0.25, 0.3) is 5.91 Å². The highest BCUT2D eigenvalue weighted by atomic mass is 35.5. The third kappa shape index (κ3) is 5.95. The molecule has 5 rings (SSSR count). The lowest BCUT2D eigenvalue weighted by molar-refractivity contribution is 0.0224. The largest absolute Gasteiger partial charge is 0.456 e. The van der Waals surface area contributed by atoms with Crippen molar-refractivity contribution in [3.8, 4) is 23.0 Å². The van der Waals surface area contributed by atoms with E-state index in [2.05, 4.69) is 13.7 Å². The van der Waals surface area contributed by atoms with Crippen molar-refractivity contribution in [1.29, 1.82) is 0 Å². The minimum absolute atomic E-state index is 0.0113. The Hall–Kier alpha value is -3.64. The zero-order valence-corrected chi connectivity index (χ0v) is 25.1. The number of carbonyl (C=O) groups is 2. The maximum absolute atomic E-state index is 13.4. The van der Waals surface area contributed by atoms with E-state index in [1.165, 1.54) is 30.3 Å². The maximum atomic E-state index is 13.4. The predicted octanol–water partition coefficient (Wildman–Crippen LogP) is 3.22. The number of benzene rings is 3. The minimum Gasteiger partial charge on any atom is -0.456 e. The highest BCUT2D eigenvalue weighted by molar-refractivity contribution is 7.81. The van der Waals surface area contributed by atoms with Gasteiger partial charge in [-0.25, -0.2) is 4.79 Å². The van der Waals surface area contributed by atoms with Crippen LogP contribution in [-0.4, -0.2) is 69.9 Å². The first-order chi connectivity index (χ1) is 20.0. The van der Waals surface area contributed by atoms with Gasteiger partial charge in [-0.05, 0) is 38.4 Å². The molecule has 43 heavy (non-hydrogen) atoms. The smallest absolute Gasteiger partial charge is 0.446 e. The number of fused-ring (bicyclic) bond motifs is 6. The number of rotatable bonds is 8. The summed E-state index contributed by atoms with van der Waals surface area (Å²) in [6.07, 6.45) is 0. The minimum atomic E-state index is -5.03. The summed E-state index contributed by atoms with van der Waals surface area (Å²) in [4.78, 5) is 28.0. The first-order valence-corrected chi connectivity index (χ1v) is 15.5. The van der Waals surface area contributed by atoms with Crippen molar-refractivity contribution in [2.24, 2.45) is 0 Å². The molecule has 0 bridgehead atoms. The van der Waals surface area contributed by atoms with Gasteiger partial charge in [-0.1, -0.05) is 29.3 Å². The lowest BCUT2D eigenvalue weighted by atomic mass is 9.77. The number of likely N-dealkylation sites (N-methyl/N-ethyl adjacent to an activating group) is 1. The molecule has 2 aliphatic heterocycles. The Morgan fingerprint density at radius 2 is 1.44 bits per heavy atom. The second kappa shape index (κ2) is 10.8. The molecule has 0 aliphatic carbocycles. The van der Waals surface area contributed by atoms with Crippen molar-refractivity contribution in [2.45, 2.75) is 5.60 Å². The molecule has 14 nitrogen and oxygen atoms in total. The molecule has 1 spiro atoms. The van der Waals surface area contributed by atoms with Crippen LogP contribution in [0.2, 0.25) is 10.0 Å². The van der Waals surface area contributed by atoms with E-state index in [0.717, 1.165) is 12.1 Å². The Balaban J connectivity index is 1.71. The highest BCUT2D eigenvalue weighted by Crippen LogP contribution is 2.59. The maximum Gasteiger partial charge on any atom is 0.446 e. The summed E-state index contributed by atoms with van der Waals surface area (Å²) in [5.74, 6) is -2.81. The summed E-state index contributed by atoms with van der Waals surface area (Å²) in [5, 5.41) is 2.09. The fourth-order valence-corrected chi connectivity index (χ4v) is 5.94. The van der Waals surface area contributed by atoms with Crippen LogP contribution >= 0.6 is 23.2 Å². The van der Waals surface area contributed by atoms with E-state index in [1.54, 1.807) is 0 Å². The Labute approximate surface area is 254 Å². The van der Waals surface area contributed by atoms with Crippen LogP contribution in [0.25, 0.3) is 0 Å². The van der Waals surface area contributed by atoms with Gasteiger partial charge in [-0.2, -0.15) is 16.8 Å². The average molecular weight is 675 g/mol. The third-order valence-electron chi connectivity index (χ3n) is 6.41. The second-order valence-corrected chi connectivity index (χ2v) is 12.4. The van der Waals surface area contributed by atoms with Crippen LogP contribution < -0.4 is 18.4 Å². The number of nitrogens with one attached hydrogen (secondary N) is 1. The summed E-state index contributed by atoms with van der Waals surface area (Å²) in [6, 6.07) is 8.60. The lowest BCUT2D eigenvalue weighted by Crippen LogP contribution is -2.33. The van der Waals surface area contributed by atoms with Gasteiger partial charge in [0.05, 0.1) is 15.6 Å². The molecule has 0 radical (unpaired) electrons. The van der Waals surface area contributed by atoms with Crippen molar-refractivity contribution < 1.29 is 53.4 Å². The normalized spacial score (nSPS) is 14.8. The van der Waals surface area contributed by atoms with Gasteiger partial charge >= 0.3 is 26.8 Å². The molecule has 0 unspecified atom stereocenters. The van der Waals surface area contributed by atoms with Gasteiger partial charge < -0.3 is 28.1 Å². The van der Waals surface area contributed by atoms with Crippen LogP contribution in [0, 0.1) is 0 Å². The summed E-state index contributed by atoms with van der Waals surface area (Å²) in [5.41, 5.74) is -1.42. The fraction of sp³-hybridized carbons (Fsp3) is 0.200. The summed E-state index contributed by atoms with van der Waals surface area (Å²) >= 11 is 12.6. The molecule has 1 amide bonds. The number of nitrogens with zero attached hydrogens (tertiary/aromatic N) is 1. The van der Waals surface area contributed by atoms with Gasteiger partial charge in [0.15, 0.2) is 17.1 Å². The molecule has 0 saturated carbocycles. The van der Waals surface area contributed by atoms with Gasteiger partial charge in [0.1, 0.15) is 11.5 Å². The van der Waals surface area contributed by atoms with E-state index in [0.29, 0.717) is 13.1 Å². The predicted molar refractivity (Wildman–Crippen MR) is 150 cm³/mol. The van der Waals surface area contributed by atoms with Crippen LogP contribution in [0.1, 0.15) is 37.4 Å². The van der Waals surface area contributed by atoms with Gasteiger partial charge in [-0.15, -0.1) is 0 Å². The van der Waals surface area contributed by atoms with Gasteiger partial charge in [0.2, 0.25) is 0 Å². The third-order valence-corrected chi connectivity index (χ3v) is 7.78. The number of carbonyl (C=O) groups excluding carboxylic acids is 2. The molecule has 0 atom stereocenters. The molecular formula is C25H20Cl2N2O12S2. The molecule has 3 N–H and O–H groups in total. The van der Waals surface area contributed by atoms with E-state index >= 15 is 0 Å². The number of esters is 1. The van der Waals surface area contributed by atoms with Crippen molar-refractivity contribution >= 4 is 55.9 Å². The number of ether oxygens (including phenoxy) is 2. The Kier molecular flexibility index (Phi) is 7.75. The molecular weight excluding hydrogens is 655 g/mol. The van der Waals surface area contributed by atoms with Crippen molar-refractivity contribution in [3.63, 3.8) is 0 Å². The van der Waals surface area contributed by atoms with E-state index < -0.39 is 49.8 Å². The second-order valence-electron chi connectivity index (χ2n) is 9.57. The lowest BCUT2D eigenvalue weighted by Gasteiger charge is -2.37. The molecule has 3 aromatic rings.